The van der Waals surface area contributed by atoms with E-state index in [2.05, 4.69) is 32.5 Å². The van der Waals surface area contributed by atoms with Crippen molar-refractivity contribution in [2.45, 2.75) is 13.8 Å². The number of hydrogen-bond donors (Lipinski definition) is 0. The number of nitrogens with zero attached hydrogens (tertiary/aromatic N) is 2. The van der Waals surface area contributed by atoms with Crippen molar-refractivity contribution < 1.29 is 4.74 Å². The van der Waals surface area contributed by atoms with Crippen LogP contribution in [0.25, 0.3) is 5.76 Å². The van der Waals surface area contributed by atoms with Crippen LogP contribution in [0.4, 0.5) is 0 Å². The van der Waals surface area contributed by atoms with Gasteiger partial charge in [-0.25, -0.2) is 9.97 Å². The van der Waals surface area contributed by atoms with Crippen molar-refractivity contribution in [2.75, 3.05) is 6.61 Å². The van der Waals surface area contributed by atoms with Crippen LogP contribution in [0.3, 0.4) is 0 Å². The van der Waals surface area contributed by atoms with Crippen LogP contribution in [0, 0.1) is 6.92 Å². The van der Waals surface area contributed by atoms with Crippen LogP contribution in [0.5, 0.6) is 0 Å². The first-order chi connectivity index (χ1) is 6.13. The topological polar surface area (TPSA) is 35.0 Å². The van der Waals surface area contributed by atoms with Crippen molar-refractivity contribution >= 4 is 21.7 Å². The van der Waals surface area contributed by atoms with Crippen LogP contribution in [-0.4, -0.2) is 16.6 Å². The molecule has 0 spiro atoms. The molecule has 0 saturated heterocycles. The van der Waals surface area contributed by atoms with Crippen molar-refractivity contribution in [3.63, 3.8) is 0 Å². The molecular formula is C9H11BrN2O. The summed E-state index contributed by atoms with van der Waals surface area (Å²) < 4.78 is 5.98. The average molecular weight is 243 g/mol. The first-order valence-corrected chi connectivity index (χ1v) is 4.76. The lowest BCUT2D eigenvalue weighted by Gasteiger charge is -2.06. The molecule has 0 N–H and O–H groups in total. The van der Waals surface area contributed by atoms with Crippen molar-refractivity contribution in [1.82, 2.24) is 9.97 Å². The Balaban J connectivity index is 2.94. The third-order valence-electron chi connectivity index (χ3n) is 1.41. The lowest BCUT2D eigenvalue weighted by atomic mass is 10.3. The zero-order valence-electron chi connectivity index (χ0n) is 7.67. The molecule has 1 heterocycles. The van der Waals surface area contributed by atoms with Crippen LogP contribution in [0.15, 0.2) is 17.2 Å². The van der Waals surface area contributed by atoms with Gasteiger partial charge >= 0.3 is 0 Å². The van der Waals surface area contributed by atoms with Gasteiger partial charge in [0.25, 0.3) is 0 Å². The van der Waals surface area contributed by atoms with Crippen molar-refractivity contribution in [3.8, 4) is 0 Å². The lowest BCUT2D eigenvalue weighted by molar-refractivity contribution is 0.297. The van der Waals surface area contributed by atoms with E-state index in [4.69, 9.17) is 4.74 Å². The van der Waals surface area contributed by atoms with Gasteiger partial charge in [0.05, 0.1) is 6.61 Å². The molecule has 1 aromatic heterocycles. The van der Waals surface area contributed by atoms with E-state index >= 15 is 0 Å². The Bertz CT molecular complexity index is 305. The van der Waals surface area contributed by atoms with E-state index in [-0.39, 0.29) is 0 Å². The van der Waals surface area contributed by atoms with E-state index in [1.807, 2.05) is 13.8 Å². The van der Waals surface area contributed by atoms with Crippen LogP contribution in [-0.2, 0) is 4.74 Å². The highest BCUT2D eigenvalue weighted by molar-refractivity contribution is 9.10. The van der Waals surface area contributed by atoms with Gasteiger partial charge in [0.15, 0.2) is 0 Å². The average Bonchev–Trinajstić information content (AvgIpc) is 2.03. The molecule has 3 nitrogen and oxygen atoms in total. The Labute approximate surface area is 86.0 Å². The molecule has 0 saturated carbocycles. The Kier molecular flexibility index (Phi) is 3.42. The van der Waals surface area contributed by atoms with Crippen molar-refractivity contribution in [2.24, 2.45) is 0 Å². The number of ether oxygens (including phenoxy) is 1. The quantitative estimate of drug-likeness (QED) is 0.604. The molecule has 1 aromatic rings. The van der Waals surface area contributed by atoms with Gasteiger partial charge in [0.1, 0.15) is 21.9 Å². The first-order valence-electron chi connectivity index (χ1n) is 3.96. The maximum Gasteiger partial charge on any atom is 0.137 e. The highest BCUT2D eigenvalue weighted by Crippen LogP contribution is 2.15. The highest BCUT2D eigenvalue weighted by Gasteiger charge is 2.03. The summed E-state index contributed by atoms with van der Waals surface area (Å²) in [6, 6.07) is 1.78. The molecule has 0 atom stereocenters. The summed E-state index contributed by atoms with van der Waals surface area (Å²) in [6.45, 7) is 8.10. The summed E-state index contributed by atoms with van der Waals surface area (Å²) >= 11 is 3.28. The van der Waals surface area contributed by atoms with Gasteiger partial charge in [-0.2, -0.15) is 0 Å². The van der Waals surface area contributed by atoms with Gasteiger partial charge in [-0.05, 0) is 29.8 Å². The maximum atomic E-state index is 5.23. The summed E-state index contributed by atoms with van der Waals surface area (Å²) in [5.74, 6) is 1.28. The number of rotatable bonds is 3. The Morgan fingerprint density at radius 1 is 1.62 bits per heavy atom. The highest BCUT2D eigenvalue weighted by atomic mass is 79.9. The molecule has 0 aliphatic rings. The van der Waals surface area contributed by atoms with Gasteiger partial charge in [-0.3, -0.25) is 0 Å². The largest absolute Gasteiger partial charge is 0.492 e. The molecule has 0 bridgehead atoms. The molecule has 0 aliphatic carbocycles. The standard InChI is InChI=1S/C9H11BrN2O/c1-4-13-6(2)8-5-9(10)12-7(3)11-8/h5H,2,4H2,1,3H3. The van der Waals surface area contributed by atoms with E-state index in [0.717, 1.165) is 10.3 Å². The fourth-order valence-electron chi connectivity index (χ4n) is 0.922. The fraction of sp³-hybridized carbons (Fsp3) is 0.333. The van der Waals surface area contributed by atoms with Gasteiger partial charge < -0.3 is 4.74 Å². The Morgan fingerprint density at radius 3 is 2.85 bits per heavy atom. The Hall–Kier alpha value is -0.900. The fourth-order valence-corrected chi connectivity index (χ4v) is 1.40. The maximum absolute atomic E-state index is 5.23. The van der Waals surface area contributed by atoms with Crippen LogP contribution in [0.1, 0.15) is 18.4 Å². The van der Waals surface area contributed by atoms with E-state index in [1.165, 1.54) is 0 Å². The number of aryl methyl sites for hydroxylation is 1. The first kappa shape index (κ1) is 10.2. The van der Waals surface area contributed by atoms with Crippen LogP contribution >= 0.6 is 15.9 Å². The SMILES string of the molecule is C=C(OCC)c1cc(Br)nc(C)n1. The minimum Gasteiger partial charge on any atom is -0.492 e. The van der Waals surface area contributed by atoms with Crippen LogP contribution in [0.2, 0.25) is 0 Å². The number of aromatic nitrogens is 2. The molecular weight excluding hydrogens is 232 g/mol. The number of halogens is 1. The molecule has 4 heteroatoms. The van der Waals surface area contributed by atoms with Crippen LogP contribution < -0.4 is 0 Å². The molecule has 0 radical (unpaired) electrons. The predicted molar refractivity (Wildman–Crippen MR) is 55.1 cm³/mol. The monoisotopic (exact) mass is 242 g/mol. The molecule has 0 aliphatic heterocycles. The number of hydrogen-bond acceptors (Lipinski definition) is 3. The predicted octanol–water partition coefficient (Wildman–Crippen LogP) is 2.55. The second-order valence-electron chi connectivity index (χ2n) is 2.48. The summed E-state index contributed by atoms with van der Waals surface area (Å²) in [4.78, 5) is 8.27. The third-order valence-corrected chi connectivity index (χ3v) is 1.82. The van der Waals surface area contributed by atoms with Crippen molar-refractivity contribution in [3.05, 3.63) is 28.8 Å². The van der Waals surface area contributed by atoms with E-state index in [1.54, 1.807) is 6.07 Å². The minimum atomic E-state index is 0.578. The zero-order chi connectivity index (χ0) is 9.84. The zero-order valence-corrected chi connectivity index (χ0v) is 9.26. The molecule has 1 rings (SSSR count). The second-order valence-corrected chi connectivity index (χ2v) is 3.29. The van der Waals surface area contributed by atoms with E-state index in [9.17, 15) is 0 Å². The summed E-state index contributed by atoms with van der Waals surface area (Å²) in [5.41, 5.74) is 0.723. The summed E-state index contributed by atoms with van der Waals surface area (Å²) in [6.07, 6.45) is 0. The normalized spacial score (nSPS) is 9.77. The molecule has 13 heavy (non-hydrogen) atoms. The van der Waals surface area contributed by atoms with E-state index in [0.29, 0.717) is 18.2 Å². The molecule has 0 fully saturated rings. The van der Waals surface area contributed by atoms with Crippen molar-refractivity contribution in [1.29, 1.82) is 0 Å². The third kappa shape index (κ3) is 2.81. The lowest BCUT2D eigenvalue weighted by Crippen LogP contribution is -1.97. The van der Waals surface area contributed by atoms with Gasteiger partial charge in [-0.15, -0.1) is 0 Å². The van der Waals surface area contributed by atoms with Gasteiger partial charge in [0.2, 0.25) is 0 Å². The summed E-state index contributed by atoms with van der Waals surface area (Å²) in [7, 11) is 0. The smallest absolute Gasteiger partial charge is 0.137 e. The molecule has 0 unspecified atom stereocenters. The van der Waals surface area contributed by atoms with E-state index < -0.39 is 0 Å². The molecule has 0 aromatic carbocycles. The van der Waals surface area contributed by atoms with Gasteiger partial charge in [0, 0.05) is 6.07 Å². The molecule has 70 valence electrons. The summed E-state index contributed by atoms with van der Waals surface area (Å²) in [5, 5.41) is 0. The molecule has 0 amide bonds. The minimum absolute atomic E-state index is 0.578. The second kappa shape index (κ2) is 4.37. The Morgan fingerprint density at radius 2 is 2.31 bits per heavy atom. The van der Waals surface area contributed by atoms with Gasteiger partial charge in [-0.1, -0.05) is 6.58 Å².